The van der Waals surface area contributed by atoms with Crippen LogP contribution in [0.3, 0.4) is 0 Å². The Morgan fingerprint density at radius 2 is 1.76 bits per heavy atom. The van der Waals surface area contributed by atoms with Crippen LogP contribution in [0, 0.1) is 0 Å². The molecule has 0 unspecified atom stereocenters. The van der Waals surface area contributed by atoms with Gasteiger partial charge in [0, 0.05) is 6.04 Å². The maximum Gasteiger partial charge on any atom is 0.343 e. The van der Waals surface area contributed by atoms with Crippen molar-refractivity contribution in [2.24, 2.45) is 0 Å². The first-order valence-corrected chi connectivity index (χ1v) is 11.0. The highest BCUT2D eigenvalue weighted by atomic mass is 79.9. The van der Waals surface area contributed by atoms with E-state index in [1.54, 1.807) is 22.8 Å². The Hall–Kier alpha value is -1.42. The topological polar surface area (TPSA) is 73.1 Å². The summed E-state index contributed by atoms with van der Waals surface area (Å²) in [4.78, 5) is 13.1. The summed E-state index contributed by atoms with van der Waals surface area (Å²) >= 11 is 4.39. The third-order valence-electron chi connectivity index (χ3n) is 4.46. The molecule has 0 saturated carbocycles. The number of halogens is 1. The predicted molar refractivity (Wildman–Crippen MR) is 102 cm³/mol. The van der Waals surface area contributed by atoms with Crippen LogP contribution in [0.5, 0.6) is 0 Å². The third kappa shape index (κ3) is 2.79. The van der Waals surface area contributed by atoms with E-state index >= 15 is 0 Å². The van der Waals surface area contributed by atoms with Gasteiger partial charge in [0.05, 0.1) is 14.8 Å². The third-order valence-corrected chi connectivity index (χ3v) is 8.24. The highest BCUT2D eigenvalue weighted by Crippen LogP contribution is 2.30. The van der Waals surface area contributed by atoms with Gasteiger partial charge in [-0.3, -0.25) is 4.57 Å². The summed E-state index contributed by atoms with van der Waals surface area (Å²) in [6, 6.07) is 10.3. The van der Waals surface area contributed by atoms with Crippen LogP contribution < -0.4 is 11.0 Å². The summed E-state index contributed by atoms with van der Waals surface area (Å²) in [5.74, 6) is 0. The summed E-state index contributed by atoms with van der Waals surface area (Å²) in [5, 5.41) is 3.27. The molecule has 4 rings (SSSR count). The molecule has 6 nitrogen and oxygen atoms in total. The average molecular weight is 442 g/mol. The van der Waals surface area contributed by atoms with Crippen LogP contribution in [0.25, 0.3) is 11.0 Å². The molecule has 3 heterocycles. The maximum absolute atomic E-state index is 13.1. The molecule has 9 heteroatoms. The molecule has 0 radical (unpaired) electrons. The normalized spacial score (nSPS) is 16.5. The first-order chi connectivity index (χ1) is 12.0. The van der Waals surface area contributed by atoms with E-state index in [1.807, 2.05) is 12.1 Å². The Labute approximate surface area is 157 Å². The highest BCUT2D eigenvalue weighted by Gasteiger charge is 2.29. The Bertz CT molecular complexity index is 1090. The van der Waals surface area contributed by atoms with E-state index in [-0.39, 0.29) is 10.3 Å². The van der Waals surface area contributed by atoms with Crippen molar-refractivity contribution in [3.63, 3.8) is 0 Å². The fraction of sp³-hybridized carbons (Fsp3) is 0.312. The molecule has 1 aliphatic rings. The molecule has 132 valence electrons. The largest absolute Gasteiger partial charge is 0.343 e. The van der Waals surface area contributed by atoms with Crippen molar-refractivity contribution in [2.75, 3.05) is 13.1 Å². The van der Waals surface area contributed by atoms with Crippen LogP contribution in [0.4, 0.5) is 0 Å². The van der Waals surface area contributed by atoms with Gasteiger partial charge in [-0.25, -0.2) is 4.79 Å². The number of hydrogen-bond donors (Lipinski definition) is 1. The van der Waals surface area contributed by atoms with Crippen molar-refractivity contribution in [3.05, 3.63) is 50.7 Å². The van der Waals surface area contributed by atoms with Gasteiger partial charge in [-0.05, 0) is 66.1 Å². The molecule has 3 aromatic rings. The Morgan fingerprint density at radius 3 is 2.40 bits per heavy atom. The Balaban J connectivity index is 1.99. The van der Waals surface area contributed by atoms with Crippen LogP contribution in [0.1, 0.15) is 18.9 Å². The zero-order chi connectivity index (χ0) is 17.6. The molecule has 0 atom stereocenters. The zero-order valence-corrected chi connectivity index (χ0v) is 16.4. The standard InChI is InChI=1S/C16H16BrN3O3S2/c17-14-5-6-15(24-14)25(22,23)20-13-4-2-1-3-12(13)19(16(20)21)11-7-9-18-10-8-11/h1-6,11,18H,7-10H2. The second-order valence-corrected chi connectivity index (χ2v) is 10.4. The molecule has 0 aliphatic carbocycles. The van der Waals surface area contributed by atoms with Crippen LogP contribution in [-0.2, 0) is 10.0 Å². The highest BCUT2D eigenvalue weighted by molar-refractivity contribution is 9.11. The Morgan fingerprint density at radius 1 is 1.08 bits per heavy atom. The van der Waals surface area contributed by atoms with Crippen molar-refractivity contribution >= 4 is 48.3 Å². The molecule has 25 heavy (non-hydrogen) atoms. The lowest BCUT2D eigenvalue weighted by molar-refractivity contribution is 0.367. The molecule has 1 aliphatic heterocycles. The summed E-state index contributed by atoms with van der Waals surface area (Å²) < 4.78 is 29.7. The number of imidazole rings is 1. The summed E-state index contributed by atoms with van der Waals surface area (Å²) in [7, 11) is -3.94. The van der Waals surface area contributed by atoms with Gasteiger partial charge in [0.2, 0.25) is 0 Å². The lowest BCUT2D eigenvalue weighted by Crippen LogP contribution is -2.36. The zero-order valence-electron chi connectivity index (χ0n) is 13.2. The minimum Gasteiger partial charge on any atom is -0.317 e. The van der Waals surface area contributed by atoms with Gasteiger partial charge >= 0.3 is 5.69 Å². The molecule has 1 aromatic carbocycles. The van der Waals surface area contributed by atoms with Gasteiger partial charge in [0.1, 0.15) is 4.21 Å². The summed E-state index contributed by atoms with van der Waals surface area (Å²) in [6.07, 6.45) is 1.61. The number of rotatable bonds is 3. The SMILES string of the molecule is O=c1n(C2CCNCC2)c2ccccc2n1S(=O)(=O)c1ccc(Br)s1. The number of thiophene rings is 1. The summed E-state index contributed by atoms with van der Waals surface area (Å²) in [5.41, 5.74) is 0.603. The van der Waals surface area contributed by atoms with Crippen LogP contribution in [0.2, 0.25) is 0 Å². The van der Waals surface area contributed by atoms with Crippen molar-refractivity contribution in [3.8, 4) is 0 Å². The second-order valence-electron chi connectivity index (χ2n) is 5.95. The predicted octanol–water partition coefficient (Wildman–Crippen LogP) is 2.79. The van der Waals surface area contributed by atoms with Gasteiger partial charge in [0.25, 0.3) is 10.0 Å². The van der Waals surface area contributed by atoms with Crippen molar-refractivity contribution in [2.45, 2.75) is 23.1 Å². The molecule has 1 fully saturated rings. The Kier molecular flexibility index (Phi) is 4.35. The van der Waals surface area contributed by atoms with Gasteiger partial charge in [-0.2, -0.15) is 12.4 Å². The van der Waals surface area contributed by atoms with Gasteiger partial charge in [0.15, 0.2) is 0 Å². The van der Waals surface area contributed by atoms with Gasteiger partial charge in [-0.1, -0.05) is 12.1 Å². The van der Waals surface area contributed by atoms with Crippen molar-refractivity contribution in [1.29, 1.82) is 0 Å². The first-order valence-electron chi connectivity index (χ1n) is 7.94. The average Bonchev–Trinajstić information content (AvgIpc) is 3.17. The molecule has 0 bridgehead atoms. The number of hydrogen-bond acceptors (Lipinski definition) is 5. The fourth-order valence-electron chi connectivity index (χ4n) is 3.32. The first kappa shape index (κ1) is 17.0. The minimum atomic E-state index is -3.94. The number of nitrogens with one attached hydrogen (secondary N) is 1. The maximum atomic E-state index is 13.1. The number of para-hydroxylation sites is 2. The molecule has 0 amide bonds. The molecule has 1 N–H and O–H groups in total. The van der Waals surface area contributed by atoms with Crippen molar-refractivity contribution in [1.82, 2.24) is 13.9 Å². The summed E-state index contributed by atoms with van der Waals surface area (Å²) in [6.45, 7) is 1.64. The van der Waals surface area contributed by atoms with E-state index in [4.69, 9.17) is 0 Å². The second kappa shape index (κ2) is 6.39. The molecular weight excluding hydrogens is 426 g/mol. The number of benzene rings is 1. The van der Waals surface area contributed by atoms with E-state index in [1.165, 1.54) is 6.07 Å². The molecular formula is C16H16BrN3O3S2. The van der Waals surface area contributed by atoms with E-state index in [2.05, 4.69) is 21.2 Å². The lowest BCUT2D eigenvalue weighted by atomic mass is 10.1. The monoisotopic (exact) mass is 441 g/mol. The molecule has 2 aromatic heterocycles. The van der Waals surface area contributed by atoms with Gasteiger partial charge < -0.3 is 5.32 Å². The molecule has 0 spiro atoms. The number of piperidine rings is 1. The number of aromatic nitrogens is 2. The van der Waals surface area contributed by atoms with Crippen LogP contribution in [0.15, 0.2) is 49.2 Å². The van der Waals surface area contributed by atoms with Crippen LogP contribution in [-0.4, -0.2) is 30.0 Å². The van der Waals surface area contributed by atoms with Crippen molar-refractivity contribution < 1.29 is 8.42 Å². The van der Waals surface area contributed by atoms with Gasteiger partial charge in [-0.15, -0.1) is 11.3 Å². The number of fused-ring (bicyclic) bond motifs is 1. The van der Waals surface area contributed by atoms with E-state index in [0.717, 1.165) is 41.2 Å². The quantitative estimate of drug-likeness (QED) is 0.677. The smallest absolute Gasteiger partial charge is 0.317 e. The lowest BCUT2D eigenvalue weighted by Gasteiger charge is -2.23. The van der Waals surface area contributed by atoms with E-state index < -0.39 is 15.7 Å². The van der Waals surface area contributed by atoms with Crippen LogP contribution >= 0.6 is 27.3 Å². The van der Waals surface area contributed by atoms with E-state index in [9.17, 15) is 13.2 Å². The van der Waals surface area contributed by atoms with E-state index in [0.29, 0.717) is 14.8 Å². The minimum absolute atomic E-state index is 0.00479. The number of nitrogens with zero attached hydrogens (tertiary/aromatic N) is 2. The molecule has 1 saturated heterocycles. The fourth-order valence-corrected chi connectivity index (χ4v) is 6.80.